The van der Waals surface area contributed by atoms with Crippen LogP contribution in [0.5, 0.6) is 0 Å². The van der Waals surface area contributed by atoms with Gasteiger partial charge in [0.25, 0.3) is 0 Å². The van der Waals surface area contributed by atoms with Crippen molar-refractivity contribution < 1.29 is 4.79 Å². The van der Waals surface area contributed by atoms with Gasteiger partial charge in [0, 0.05) is 17.3 Å². The smallest absolute Gasteiger partial charge is 0.133 e. The van der Waals surface area contributed by atoms with Crippen LogP contribution < -0.4 is 0 Å². The Bertz CT molecular complexity index is 369. The van der Waals surface area contributed by atoms with Crippen LogP contribution in [0.2, 0.25) is 0 Å². The lowest BCUT2D eigenvalue weighted by Gasteiger charge is -2.22. The van der Waals surface area contributed by atoms with Gasteiger partial charge in [0.15, 0.2) is 0 Å². The van der Waals surface area contributed by atoms with Crippen molar-refractivity contribution in [3.63, 3.8) is 0 Å². The Labute approximate surface area is 99.0 Å². The van der Waals surface area contributed by atoms with Crippen LogP contribution in [0.25, 0.3) is 0 Å². The Hall–Kier alpha value is -0.630. The van der Waals surface area contributed by atoms with Gasteiger partial charge in [-0.15, -0.1) is 0 Å². The molecular formula is C13H15BrO. The monoisotopic (exact) mass is 266 g/mol. The molecule has 0 aliphatic heterocycles. The van der Waals surface area contributed by atoms with Crippen molar-refractivity contribution in [2.24, 2.45) is 5.41 Å². The van der Waals surface area contributed by atoms with Crippen molar-refractivity contribution in [3.8, 4) is 0 Å². The van der Waals surface area contributed by atoms with E-state index in [1.807, 2.05) is 0 Å². The maximum atomic E-state index is 11.3. The van der Waals surface area contributed by atoms with E-state index in [1.54, 1.807) is 0 Å². The molecule has 2 heteroatoms. The van der Waals surface area contributed by atoms with Gasteiger partial charge >= 0.3 is 0 Å². The molecule has 1 aromatic rings. The van der Waals surface area contributed by atoms with Crippen LogP contribution in [0.1, 0.15) is 31.7 Å². The number of benzene rings is 1. The van der Waals surface area contributed by atoms with Crippen molar-refractivity contribution in [3.05, 3.63) is 34.3 Å². The minimum atomic E-state index is 0.199. The van der Waals surface area contributed by atoms with Crippen molar-refractivity contribution in [1.29, 1.82) is 0 Å². The summed E-state index contributed by atoms with van der Waals surface area (Å²) in [7, 11) is 0. The molecule has 0 radical (unpaired) electrons. The highest BCUT2D eigenvalue weighted by Crippen LogP contribution is 2.38. The lowest BCUT2D eigenvalue weighted by atomic mass is 9.82. The molecule has 0 amide bonds. The van der Waals surface area contributed by atoms with E-state index in [0.29, 0.717) is 5.78 Å². The molecule has 1 nitrogen and oxygen atoms in total. The predicted molar refractivity (Wildman–Crippen MR) is 64.8 cm³/mol. The number of hydrogen-bond donors (Lipinski definition) is 0. The Morgan fingerprint density at radius 1 is 1.33 bits per heavy atom. The average Bonchev–Trinajstić information content (AvgIpc) is 2.50. The zero-order valence-corrected chi connectivity index (χ0v) is 10.5. The third-order valence-corrected chi connectivity index (χ3v) is 3.70. The lowest BCUT2D eigenvalue weighted by molar-refractivity contribution is -0.117. The Kier molecular flexibility index (Phi) is 2.96. The molecule has 0 bridgehead atoms. The van der Waals surface area contributed by atoms with E-state index in [1.165, 1.54) is 5.56 Å². The van der Waals surface area contributed by atoms with Gasteiger partial charge in [0.05, 0.1) is 0 Å². The topological polar surface area (TPSA) is 17.1 Å². The first-order valence-corrected chi connectivity index (χ1v) is 6.13. The fourth-order valence-corrected chi connectivity index (χ4v) is 2.60. The molecule has 1 aromatic carbocycles. The van der Waals surface area contributed by atoms with Gasteiger partial charge < -0.3 is 0 Å². The van der Waals surface area contributed by atoms with Crippen molar-refractivity contribution in [2.75, 3.05) is 0 Å². The molecule has 1 aliphatic rings. The molecule has 2 rings (SSSR count). The number of halogens is 1. The van der Waals surface area contributed by atoms with E-state index in [-0.39, 0.29) is 5.41 Å². The van der Waals surface area contributed by atoms with Gasteiger partial charge in [-0.05, 0) is 36.0 Å². The molecule has 0 saturated heterocycles. The second-order valence-electron chi connectivity index (χ2n) is 4.83. The Balaban J connectivity index is 2.08. The highest BCUT2D eigenvalue weighted by molar-refractivity contribution is 9.10. The third kappa shape index (κ3) is 2.69. The zero-order chi connectivity index (χ0) is 10.9. The molecule has 15 heavy (non-hydrogen) atoms. The highest BCUT2D eigenvalue weighted by atomic mass is 79.9. The van der Waals surface area contributed by atoms with Crippen LogP contribution in [-0.4, -0.2) is 5.78 Å². The summed E-state index contributed by atoms with van der Waals surface area (Å²) in [4.78, 5) is 11.3. The fraction of sp³-hybridized carbons (Fsp3) is 0.462. The van der Waals surface area contributed by atoms with E-state index in [9.17, 15) is 4.79 Å². The number of carbonyl (C=O) groups excluding carboxylic acids is 1. The second-order valence-corrected chi connectivity index (χ2v) is 5.75. The standard InChI is InChI=1S/C13H15BrO/c1-13(7-6-12(15)9-13)8-10-2-4-11(14)5-3-10/h2-5H,6-9H2,1H3. The molecule has 1 aliphatic carbocycles. The maximum Gasteiger partial charge on any atom is 0.133 e. The van der Waals surface area contributed by atoms with Gasteiger partial charge in [-0.1, -0.05) is 35.0 Å². The van der Waals surface area contributed by atoms with Crippen molar-refractivity contribution >= 4 is 21.7 Å². The molecular weight excluding hydrogens is 252 g/mol. The van der Waals surface area contributed by atoms with Crippen molar-refractivity contribution in [1.82, 2.24) is 0 Å². The molecule has 1 unspecified atom stereocenters. The minimum Gasteiger partial charge on any atom is -0.300 e. The first-order chi connectivity index (χ1) is 7.07. The molecule has 80 valence electrons. The summed E-state index contributed by atoms with van der Waals surface area (Å²) in [6.45, 7) is 2.22. The third-order valence-electron chi connectivity index (χ3n) is 3.18. The Morgan fingerprint density at radius 3 is 2.53 bits per heavy atom. The van der Waals surface area contributed by atoms with E-state index in [0.717, 1.165) is 30.2 Å². The summed E-state index contributed by atoms with van der Waals surface area (Å²) in [5.74, 6) is 0.426. The van der Waals surface area contributed by atoms with Crippen LogP contribution in [0.15, 0.2) is 28.7 Å². The molecule has 1 fully saturated rings. The summed E-state index contributed by atoms with van der Waals surface area (Å²) in [5.41, 5.74) is 1.53. The van der Waals surface area contributed by atoms with E-state index >= 15 is 0 Å². The SMILES string of the molecule is CC1(Cc2ccc(Br)cc2)CCC(=O)C1. The summed E-state index contributed by atoms with van der Waals surface area (Å²) in [6, 6.07) is 8.40. The van der Waals surface area contributed by atoms with E-state index < -0.39 is 0 Å². The number of carbonyl (C=O) groups is 1. The number of ketones is 1. The summed E-state index contributed by atoms with van der Waals surface area (Å²) in [5, 5.41) is 0. The number of rotatable bonds is 2. The fourth-order valence-electron chi connectivity index (χ4n) is 2.34. The van der Waals surface area contributed by atoms with Gasteiger partial charge in [-0.3, -0.25) is 4.79 Å². The summed E-state index contributed by atoms with van der Waals surface area (Å²) >= 11 is 3.43. The predicted octanol–water partition coefficient (Wildman–Crippen LogP) is 3.75. The largest absolute Gasteiger partial charge is 0.300 e. The highest BCUT2D eigenvalue weighted by Gasteiger charge is 2.33. The number of Topliss-reactive ketones (excluding diaryl/α,β-unsaturated/α-hetero) is 1. The lowest BCUT2D eigenvalue weighted by Crippen LogP contribution is -2.15. The molecule has 0 heterocycles. The van der Waals surface area contributed by atoms with Crippen LogP contribution in [-0.2, 0) is 11.2 Å². The van der Waals surface area contributed by atoms with Crippen LogP contribution in [0.4, 0.5) is 0 Å². The molecule has 0 spiro atoms. The summed E-state index contributed by atoms with van der Waals surface area (Å²) < 4.78 is 1.11. The normalized spacial score (nSPS) is 25.9. The van der Waals surface area contributed by atoms with Gasteiger partial charge in [-0.2, -0.15) is 0 Å². The van der Waals surface area contributed by atoms with Gasteiger partial charge in [0.1, 0.15) is 5.78 Å². The Morgan fingerprint density at radius 2 is 2.00 bits per heavy atom. The van der Waals surface area contributed by atoms with Crippen LogP contribution in [0.3, 0.4) is 0 Å². The molecule has 1 atom stereocenters. The zero-order valence-electron chi connectivity index (χ0n) is 8.92. The molecule has 0 N–H and O–H groups in total. The maximum absolute atomic E-state index is 11.3. The van der Waals surface area contributed by atoms with E-state index in [2.05, 4.69) is 47.1 Å². The van der Waals surface area contributed by atoms with Crippen LogP contribution in [0, 0.1) is 5.41 Å². The van der Waals surface area contributed by atoms with Crippen LogP contribution >= 0.6 is 15.9 Å². The first kappa shape index (κ1) is 10.9. The minimum absolute atomic E-state index is 0.199. The second kappa shape index (κ2) is 4.09. The first-order valence-electron chi connectivity index (χ1n) is 5.34. The van der Waals surface area contributed by atoms with Crippen molar-refractivity contribution in [2.45, 2.75) is 32.6 Å². The van der Waals surface area contributed by atoms with E-state index in [4.69, 9.17) is 0 Å². The molecule has 1 saturated carbocycles. The molecule has 0 aromatic heterocycles. The average molecular weight is 267 g/mol. The van der Waals surface area contributed by atoms with Gasteiger partial charge in [0.2, 0.25) is 0 Å². The van der Waals surface area contributed by atoms with Gasteiger partial charge in [-0.25, -0.2) is 0 Å². The number of hydrogen-bond acceptors (Lipinski definition) is 1. The quantitative estimate of drug-likeness (QED) is 0.797. The summed E-state index contributed by atoms with van der Waals surface area (Å²) in [6.07, 6.45) is 3.59.